The van der Waals surface area contributed by atoms with Crippen molar-refractivity contribution in [3.8, 4) is 0 Å². The van der Waals surface area contributed by atoms with E-state index in [1.165, 1.54) is 11.6 Å². The first-order valence-electron chi connectivity index (χ1n) is 6.23. The van der Waals surface area contributed by atoms with E-state index in [4.69, 9.17) is 0 Å². The van der Waals surface area contributed by atoms with Crippen LogP contribution in [0.3, 0.4) is 0 Å². The lowest BCUT2D eigenvalue weighted by Crippen LogP contribution is -2.22. The third-order valence-electron chi connectivity index (χ3n) is 3.15. The number of hydrogen-bond acceptors (Lipinski definition) is 1. The Hall–Kier alpha value is -1.67. The van der Waals surface area contributed by atoms with Gasteiger partial charge in [0.1, 0.15) is 5.82 Å². The summed E-state index contributed by atoms with van der Waals surface area (Å²) in [6, 6.07) is 17.3. The first-order valence-corrected chi connectivity index (χ1v) is 6.23. The van der Waals surface area contributed by atoms with Crippen molar-refractivity contribution in [1.29, 1.82) is 0 Å². The molecule has 1 nitrogen and oxygen atoms in total. The molecule has 0 spiro atoms. The second-order valence-electron chi connectivity index (χ2n) is 4.58. The summed E-state index contributed by atoms with van der Waals surface area (Å²) < 4.78 is 13.2. The van der Waals surface area contributed by atoms with Gasteiger partial charge in [-0.25, -0.2) is 4.39 Å². The Labute approximate surface area is 108 Å². The van der Waals surface area contributed by atoms with Gasteiger partial charge in [-0.2, -0.15) is 0 Å². The van der Waals surface area contributed by atoms with Crippen LogP contribution in [-0.2, 0) is 0 Å². The van der Waals surface area contributed by atoms with Gasteiger partial charge in [0.05, 0.1) is 0 Å². The van der Waals surface area contributed by atoms with Gasteiger partial charge in [-0.3, -0.25) is 0 Å². The lowest BCUT2D eigenvalue weighted by Gasteiger charge is -2.20. The molecule has 0 aliphatic rings. The van der Waals surface area contributed by atoms with E-state index in [2.05, 4.69) is 24.4 Å². The maximum absolute atomic E-state index is 13.2. The highest BCUT2D eigenvalue weighted by Gasteiger charge is 2.11. The average molecular weight is 243 g/mol. The summed E-state index contributed by atoms with van der Waals surface area (Å²) in [5.41, 5.74) is 2.21. The minimum Gasteiger partial charge on any atom is -0.304 e. The van der Waals surface area contributed by atoms with E-state index in [1.54, 1.807) is 12.1 Å². The molecule has 0 aromatic heterocycles. The molecule has 0 amide bonds. The molecule has 0 radical (unpaired) electrons. The molecule has 2 aromatic carbocycles. The van der Waals surface area contributed by atoms with Crippen LogP contribution in [0.2, 0.25) is 0 Å². The van der Waals surface area contributed by atoms with Gasteiger partial charge in [0, 0.05) is 12.1 Å². The summed E-state index contributed by atoms with van der Waals surface area (Å²) in [4.78, 5) is 0. The minimum absolute atomic E-state index is 0.121. The number of rotatable bonds is 4. The van der Waals surface area contributed by atoms with Crippen LogP contribution >= 0.6 is 0 Å². The molecule has 1 N–H and O–H groups in total. The van der Waals surface area contributed by atoms with E-state index >= 15 is 0 Å². The predicted molar refractivity (Wildman–Crippen MR) is 72.8 cm³/mol. The predicted octanol–water partition coefficient (Wildman–Crippen LogP) is 4.24. The molecule has 0 aliphatic heterocycles. The van der Waals surface area contributed by atoms with Crippen molar-refractivity contribution in [2.75, 3.05) is 0 Å². The van der Waals surface area contributed by atoms with Crippen molar-refractivity contribution >= 4 is 0 Å². The highest BCUT2D eigenvalue weighted by Crippen LogP contribution is 2.19. The summed E-state index contributed by atoms with van der Waals surface area (Å²) in [6.45, 7) is 4.17. The Morgan fingerprint density at radius 1 is 0.833 bits per heavy atom. The maximum atomic E-state index is 13.2. The zero-order chi connectivity index (χ0) is 13.0. The molecule has 0 saturated heterocycles. The lowest BCUT2D eigenvalue weighted by molar-refractivity contribution is 0.492. The van der Waals surface area contributed by atoms with Crippen LogP contribution in [0.1, 0.15) is 37.1 Å². The summed E-state index contributed by atoms with van der Waals surface area (Å²) >= 11 is 0. The molecule has 0 saturated carbocycles. The summed E-state index contributed by atoms with van der Waals surface area (Å²) in [5.74, 6) is -0.187. The molecule has 2 aromatic rings. The van der Waals surface area contributed by atoms with Crippen LogP contribution in [0.5, 0.6) is 0 Å². The minimum atomic E-state index is -0.187. The molecular weight excluding hydrogens is 225 g/mol. The monoisotopic (exact) mass is 243 g/mol. The topological polar surface area (TPSA) is 12.0 Å². The van der Waals surface area contributed by atoms with Crippen LogP contribution in [-0.4, -0.2) is 0 Å². The van der Waals surface area contributed by atoms with Crippen molar-refractivity contribution in [2.45, 2.75) is 25.9 Å². The molecule has 2 heteroatoms. The fourth-order valence-corrected chi connectivity index (χ4v) is 2.09. The first-order chi connectivity index (χ1) is 8.66. The van der Waals surface area contributed by atoms with Gasteiger partial charge >= 0.3 is 0 Å². The molecule has 0 aliphatic carbocycles. The number of nitrogens with one attached hydrogen (secondary N) is 1. The maximum Gasteiger partial charge on any atom is 0.123 e. The second kappa shape index (κ2) is 5.78. The van der Waals surface area contributed by atoms with E-state index in [1.807, 2.05) is 31.2 Å². The quantitative estimate of drug-likeness (QED) is 0.847. The van der Waals surface area contributed by atoms with Gasteiger partial charge in [0.2, 0.25) is 0 Å². The Balaban J connectivity index is 2.05. The van der Waals surface area contributed by atoms with E-state index < -0.39 is 0 Å². The van der Waals surface area contributed by atoms with Crippen molar-refractivity contribution in [1.82, 2.24) is 5.32 Å². The third-order valence-corrected chi connectivity index (χ3v) is 3.15. The molecule has 94 valence electrons. The standard InChI is InChI=1S/C16H18FN/c1-12(14-7-4-3-5-8-14)18-13(2)15-9-6-10-16(17)11-15/h3-13,18H,1-2H3/t12-,13-/m0/s1. The molecule has 2 atom stereocenters. The molecular formula is C16H18FN. The van der Waals surface area contributed by atoms with Gasteiger partial charge < -0.3 is 5.32 Å². The van der Waals surface area contributed by atoms with E-state index in [0.717, 1.165) is 5.56 Å². The van der Waals surface area contributed by atoms with E-state index in [-0.39, 0.29) is 17.9 Å². The van der Waals surface area contributed by atoms with Crippen LogP contribution < -0.4 is 5.32 Å². The summed E-state index contributed by atoms with van der Waals surface area (Å²) in [6.07, 6.45) is 0. The van der Waals surface area contributed by atoms with E-state index in [9.17, 15) is 4.39 Å². The van der Waals surface area contributed by atoms with Gasteiger partial charge in [-0.15, -0.1) is 0 Å². The SMILES string of the molecule is C[C@H](N[C@@H](C)c1cccc(F)c1)c1ccccc1. The van der Waals surface area contributed by atoms with Crippen molar-refractivity contribution in [3.05, 3.63) is 71.5 Å². The normalized spacial score (nSPS) is 14.2. The van der Waals surface area contributed by atoms with Crippen LogP contribution in [0, 0.1) is 5.82 Å². The van der Waals surface area contributed by atoms with Gasteiger partial charge in [-0.05, 0) is 37.1 Å². The summed E-state index contributed by atoms with van der Waals surface area (Å²) in [7, 11) is 0. The Morgan fingerprint density at radius 3 is 2.11 bits per heavy atom. The van der Waals surface area contributed by atoms with E-state index in [0.29, 0.717) is 0 Å². The Bertz CT molecular complexity index is 495. The van der Waals surface area contributed by atoms with Crippen molar-refractivity contribution in [2.24, 2.45) is 0 Å². The first kappa shape index (κ1) is 12.8. The largest absolute Gasteiger partial charge is 0.304 e. The number of hydrogen-bond donors (Lipinski definition) is 1. The van der Waals surface area contributed by atoms with Crippen LogP contribution in [0.15, 0.2) is 54.6 Å². The zero-order valence-electron chi connectivity index (χ0n) is 10.7. The zero-order valence-corrected chi connectivity index (χ0v) is 10.7. The molecule has 18 heavy (non-hydrogen) atoms. The smallest absolute Gasteiger partial charge is 0.123 e. The molecule has 0 unspecified atom stereocenters. The summed E-state index contributed by atoms with van der Waals surface area (Å²) in [5, 5.41) is 3.47. The number of benzene rings is 2. The highest BCUT2D eigenvalue weighted by atomic mass is 19.1. The fraction of sp³-hybridized carbons (Fsp3) is 0.250. The Kier molecular flexibility index (Phi) is 4.11. The van der Waals surface area contributed by atoms with Gasteiger partial charge in [0.15, 0.2) is 0 Å². The second-order valence-corrected chi connectivity index (χ2v) is 4.58. The lowest BCUT2D eigenvalue weighted by atomic mass is 10.0. The van der Waals surface area contributed by atoms with Crippen LogP contribution in [0.25, 0.3) is 0 Å². The molecule has 0 bridgehead atoms. The van der Waals surface area contributed by atoms with Crippen molar-refractivity contribution < 1.29 is 4.39 Å². The highest BCUT2D eigenvalue weighted by molar-refractivity contribution is 5.22. The average Bonchev–Trinajstić information content (AvgIpc) is 2.39. The number of halogens is 1. The third kappa shape index (κ3) is 3.17. The molecule has 0 heterocycles. The van der Waals surface area contributed by atoms with Crippen LogP contribution in [0.4, 0.5) is 4.39 Å². The fourth-order valence-electron chi connectivity index (χ4n) is 2.09. The van der Waals surface area contributed by atoms with Gasteiger partial charge in [-0.1, -0.05) is 42.5 Å². The molecule has 0 fully saturated rings. The molecule has 2 rings (SSSR count). The Morgan fingerprint density at radius 2 is 1.44 bits per heavy atom. The van der Waals surface area contributed by atoms with Crippen molar-refractivity contribution in [3.63, 3.8) is 0 Å². The van der Waals surface area contributed by atoms with Gasteiger partial charge in [0.25, 0.3) is 0 Å².